The Bertz CT molecular complexity index is 720. The molecule has 0 spiro atoms. The van der Waals surface area contributed by atoms with E-state index < -0.39 is 5.97 Å². The number of benzene rings is 2. The average molecular weight is 288 g/mol. The molecule has 2 rings (SSSR count). The van der Waals surface area contributed by atoms with Gasteiger partial charge in [-0.25, -0.2) is 4.79 Å². The second-order valence-corrected chi connectivity index (χ2v) is 4.50. The topological polar surface area (TPSA) is 70.3 Å². The van der Waals surface area contributed by atoms with Crippen molar-refractivity contribution >= 4 is 17.6 Å². The second-order valence-electron chi connectivity index (χ2n) is 4.06. The molecule has 0 aliphatic carbocycles. The monoisotopic (exact) mass is 287 g/mol. The Morgan fingerprint density at radius 3 is 2.65 bits per heavy atom. The first-order chi connectivity index (χ1) is 9.55. The van der Waals surface area contributed by atoms with Crippen LogP contribution in [-0.2, 0) is 0 Å². The fourth-order valence-corrected chi connectivity index (χ4v) is 2.11. The summed E-state index contributed by atoms with van der Waals surface area (Å²) in [6.45, 7) is 0. The van der Waals surface area contributed by atoms with E-state index >= 15 is 0 Å². The Morgan fingerprint density at radius 1 is 1.30 bits per heavy atom. The van der Waals surface area contributed by atoms with Crippen LogP contribution in [0.25, 0.3) is 11.1 Å². The van der Waals surface area contributed by atoms with Crippen LogP contribution in [0.15, 0.2) is 36.4 Å². The van der Waals surface area contributed by atoms with Crippen LogP contribution in [-0.4, -0.2) is 18.2 Å². The van der Waals surface area contributed by atoms with E-state index in [0.717, 1.165) is 0 Å². The highest BCUT2D eigenvalue weighted by molar-refractivity contribution is 6.31. The number of carbonyl (C=O) groups is 1. The van der Waals surface area contributed by atoms with Crippen molar-refractivity contribution in [2.45, 2.75) is 0 Å². The highest BCUT2D eigenvalue weighted by Crippen LogP contribution is 2.33. The first-order valence-electron chi connectivity index (χ1n) is 5.67. The van der Waals surface area contributed by atoms with Crippen LogP contribution in [0.3, 0.4) is 0 Å². The molecule has 0 aromatic heterocycles. The summed E-state index contributed by atoms with van der Waals surface area (Å²) < 4.78 is 5.24. The normalized spacial score (nSPS) is 9.85. The third-order valence-electron chi connectivity index (χ3n) is 2.78. The molecule has 0 saturated heterocycles. The summed E-state index contributed by atoms with van der Waals surface area (Å²) in [6, 6.07) is 11.5. The minimum absolute atomic E-state index is 0.0805. The number of aromatic carboxylic acids is 1. The summed E-state index contributed by atoms with van der Waals surface area (Å²) in [4.78, 5) is 11.1. The van der Waals surface area contributed by atoms with Crippen LogP contribution in [0.5, 0.6) is 5.75 Å². The summed E-state index contributed by atoms with van der Waals surface area (Å²) in [6.07, 6.45) is 0. The van der Waals surface area contributed by atoms with Crippen molar-refractivity contribution in [2.75, 3.05) is 7.11 Å². The molecule has 4 nitrogen and oxygen atoms in total. The fourth-order valence-electron chi connectivity index (χ4n) is 1.87. The van der Waals surface area contributed by atoms with Crippen molar-refractivity contribution in [2.24, 2.45) is 0 Å². The number of nitrogens with zero attached hydrogens (tertiary/aromatic N) is 1. The Morgan fingerprint density at radius 2 is 2.05 bits per heavy atom. The van der Waals surface area contributed by atoms with Gasteiger partial charge in [-0.3, -0.25) is 0 Å². The van der Waals surface area contributed by atoms with E-state index in [0.29, 0.717) is 27.5 Å². The molecule has 1 N–H and O–H groups in total. The molecule has 2 aromatic carbocycles. The first kappa shape index (κ1) is 13.9. The lowest BCUT2D eigenvalue weighted by molar-refractivity contribution is 0.0697. The van der Waals surface area contributed by atoms with Crippen LogP contribution in [0.1, 0.15) is 15.9 Å². The maximum atomic E-state index is 11.1. The van der Waals surface area contributed by atoms with Crippen LogP contribution in [0.4, 0.5) is 0 Å². The Labute approximate surface area is 120 Å². The van der Waals surface area contributed by atoms with Gasteiger partial charge in [0.15, 0.2) is 0 Å². The molecular weight excluding hydrogens is 278 g/mol. The van der Waals surface area contributed by atoms with Crippen LogP contribution >= 0.6 is 11.6 Å². The van der Waals surface area contributed by atoms with Crippen LogP contribution < -0.4 is 4.74 Å². The van der Waals surface area contributed by atoms with Crippen molar-refractivity contribution < 1.29 is 14.6 Å². The van der Waals surface area contributed by atoms with Crippen molar-refractivity contribution in [1.29, 1.82) is 5.26 Å². The van der Waals surface area contributed by atoms with Gasteiger partial charge in [0, 0.05) is 10.6 Å². The lowest BCUT2D eigenvalue weighted by atomic mass is 10.00. The average Bonchev–Trinajstić information content (AvgIpc) is 2.45. The molecule has 0 unspecified atom stereocenters. The number of nitriles is 1. The zero-order valence-corrected chi connectivity index (χ0v) is 11.3. The van der Waals surface area contributed by atoms with E-state index in [-0.39, 0.29) is 5.56 Å². The molecule has 0 fully saturated rings. The maximum Gasteiger partial charge on any atom is 0.335 e. The Hall–Kier alpha value is -2.51. The van der Waals surface area contributed by atoms with Gasteiger partial charge in [-0.1, -0.05) is 11.6 Å². The molecule has 0 aliphatic rings. The predicted molar refractivity (Wildman–Crippen MR) is 75.1 cm³/mol. The standard InChI is InChI=1S/C15H10ClNO3/c1-20-14-3-2-9(8-17)4-13(14)10-5-11(15(18)19)7-12(16)6-10/h2-7H,1H3,(H,18,19). The molecule has 5 heteroatoms. The van der Waals surface area contributed by atoms with E-state index in [1.54, 1.807) is 24.3 Å². The number of carboxylic acids is 1. The summed E-state index contributed by atoms with van der Waals surface area (Å²) in [5.41, 5.74) is 1.75. The Kier molecular flexibility index (Phi) is 3.92. The van der Waals surface area contributed by atoms with Crippen molar-refractivity contribution in [3.05, 3.63) is 52.5 Å². The number of carboxylic acid groups (broad SMARTS) is 1. The zero-order valence-electron chi connectivity index (χ0n) is 10.6. The molecule has 0 amide bonds. The molecule has 0 radical (unpaired) electrons. The summed E-state index contributed by atoms with van der Waals surface area (Å²) in [5, 5.41) is 18.3. The lowest BCUT2D eigenvalue weighted by Gasteiger charge is -2.10. The van der Waals surface area contributed by atoms with E-state index in [1.165, 1.54) is 19.2 Å². The van der Waals surface area contributed by atoms with Gasteiger partial charge in [0.1, 0.15) is 5.75 Å². The lowest BCUT2D eigenvalue weighted by Crippen LogP contribution is -1.97. The predicted octanol–water partition coefficient (Wildman–Crippen LogP) is 3.59. The van der Waals surface area contributed by atoms with Gasteiger partial charge in [0.25, 0.3) is 0 Å². The molecule has 2 aromatic rings. The third-order valence-corrected chi connectivity index (χ3v) is 3.00. The van der Waals surface area contributed by atoms with Gasteiger partial charge in [-0.15, -0.1) is 0 Å². The highest BCUT2D eigenvalue weighted by atomic mass is 35.5. The second kappa shape index (κ2) is 5.64. The van der Waals surface area contributed by atoms with Gasteiger partial charge in [-0.2, -0.15) is 5.26 Å². The van der Waals surface area contributed by atoms with Crippen LogP contribution in [0.2, 0.25) is 5.02 Å². The quantitative estimate of drug-likeness (QED) is 0.936. The van der Waals surface area contributed by atoms with E-state index in [1.807, 2.05) is 6.07 Å². The summed E-state index contributed by atoms with van der Waals surface area (Å²) in [7, 11) is 1.51. The maximum absolute atomic E-state index is 11.1. The minimum atomic E-state index is -1.07. The molecule has 0 heterocycles. The molecule has 0 aliphatic heterocycles. The summed E-state index contributed by atoms with van der Waals surface area (Å²) >= 11 is 5.94. The van der Waals surface area contributed by atoms with Gasteiger partial charge in [0.05, 0.1) is 24.3 Å². The van der Waals surface area contributed by atoms with Gasteiger partial charge < -0.3 is 9.84 Å². The van der Waals surface area contributed by atoms with Gasteiger partial charge >= 0.3 is 5.97 Å². The SMILES string of the molecule is COc1ccc(C#N)cc1-c1cc(Cl)cc(C(=O)O)c1. The third kappa shape index (κ3) is 2.73. The number of hydrogen-bond donors (Lipinski definition) is 1. The van der Waals surface area contributed by atoms with Gasteiger partial charge in [0.2, 0.25) is 0 Å². The number of ether oxygens (including phenoxy) is 1. The largest absolute Gasteiger partial charge is 0.496 e. The molecule has 0 bridgehead atoms. The van der Waals surface area contributed by atoms with E-state index in [4.69, 9.17) is 26.7 Å². The van der Waals surface area contributed by atoms with Gasteiger partial charge in [-0.05, 0) is 42.0 Å². The zero-order chi connectivity index (χ0) is 14.7. The molecule has 100 valence electrons. The fraction of sp³-hybridized carbons (Fsp3) is 0.0667. The Balaban J connectivity index is 2.67. The number of hydrogen-bond acceptors (Lipinski definition) is 3. The minimum Gasteiger partial charge on any atom is -0.496 e. The number of methoxy groups -OCH3 is 1. The number of rotatable bonds is 3. The van der Waals surface area contributed by atoms with Crippen LogP contribution in [0, 0.1) is 11.3 Å². The molecular formula is C15H10ClNO3. The first-order valence-corrected chi connectivity index (χ1v) is 6.05. The number of halogens is 1. The van der Waals surface area contributed by atoms with Crippen molar-refractivity contribution in [3.63, 3.8) is 0 Å². The molecule has 20 heavy (non-hydrogen) atoms. The summed E-state index contributed by atoms with van der Waals surface area (Å²) in [5.74, 6) is -0.522. The van der Waals surface area contributed by atoms with Crippen molar-refractivity contribution in [1.82, 2.24) is 0 Å². The molecule has 0 atom stereocenters. The van der Waals surface area contributed by atoms with Crippen molar-refractivity contribution in [3.8, 4) is 22.9 Å². The van der Waals surface area contributed by atoms with E-state index in [9.17, 15) is 4.79 Å². The highest BCUT2D eigenvalue weighted by Gasteiger charge is 2.12. The molecule has 0 saturated carbocycles. The smallest absolute Gasteiger partial charge is 0.335 e. The van der Waals surface area contributed by atoms with E-state index in [2.05, 4.69) is 0 Å².